The largest absolute Gasteiger partial charge is 0.339 e. The molecule has 0 saturated carbocycles. The third-order valence-electron chi connectivity index (χ3n) is 2.46. The zero-order valence-electron chi connectivity index (χ0n) is 9.97. The highest BCUT2D eigenvalue weighted by Crippen LogP contribution is 2.11. The molecule has 17 heavy (non-hydrogen) atoms. The number of hydrogen-bond donors (Lipinski definition) is 2. The second kappa shape index (κ2) is 5.53. The number of H-pyrrole nitrogens is 1. The fourth-order valence-electron chi connectivity index (χ4n) is 1.56. The lowest BCUT2D eigenvalue weighted by Crippen LogP contribution is -2.25. The van der Waals surface area contributed by atoms with E-state index in [4.69, 9.17) is 4.52 Å². The zero-order valence-corrected chi connectivity index (χ0v) is 9.97. The molecule has 1 atom stereocenters. The van der Waals surface area contributed by atoms with Crippen molar-refractivity contribution in [1.29, 1.82) is 0 Å². The molecule has 0 aromatic carbocycles. The number of nitrogens with zero attached hydrogens (tertiary/aromatic N) is 4. The Hall–Kier alpha value is -1.76. The third-order valence-corrected chi connectivity index (χ3v) is 2.46. The van der Waals surface area contributed by atoms with Gasteiger partial charge in [-0.15, -0.1) is 0 Å². The van der Waals surface area contributed by atoms with Gasteiger partial charge in [-0.05, 0) is 19.9 Å². The number of nitrogens with one attached hydrogen (secondary N) is 2. The van der Waals surface area contributed by atoms with Crippen molar-refractivity contribution in [2.24, 2.45) is 0 Å². The van der Waals surface area contributed by atoms with Crippen molar-refractivity contribution in [3.05, 3.63) is 12.1 Å². The summed E-state index contributed by atoms with van der Waals surface area (Å²) in [6.07, 6.45) is 3.29. The molecule has 0 aliphatic heterocycles. The molecule has 0 bridgehead atoms. The molecule has 0 saturated heterocycles. The zero-order chi connectivity index (χ0) is 12.1. The van der Waals surface area contributed by atoms with Crippen molar-refractivity contribution >= 4 is 0 Å². The number of aromatic nitrogens is 5. The second-order valence-corrected chi connectivity index (χ2v) is 3.86. The SMILES string of the molecule is CCNC(C)CCc1nc(-c2cn[nH]n2)no1. The lowest BCUT2D eigenvalue weighted by atomic mass is 10.2. The maximum absolute atomic E-state index is 5.15. The van der Waals surface area contributed by atoms with Crippen molar-refractivity contribution in [1.82, 2.24) is 30.9 Å². The lowest BCUT2D eigenvalue weighted by molar-refractivity contribution is 0.368. The van der Waals surface area contributed by atoms with E-state index < -0.39 is 0 Å². The number of aromatic amines is 1. The Bertz CT molecular complexity index is 437. The molecular weight excluding hydrogens is 220 g/mol. The molecule has 1 unspecified atom stereocenters. The van der Waals surface area contributed by atoms with Crippen LogP contribution in [-0.4, -0.2) is 38.1 Å². The van der Waals surface area contributed by atoms with E-state index in [1.807, 2.05) is 0 Å². The summed E-state index contributed by atoms with van der Waals surface area (Å²) in [5, 5.41) is 17.3. The average molecular weight is 236 g/mol. The molecule has 2 aromatic rings. The Morgan fingerprint density at radius 3 is 3.12 bits per heavy atom. The maximum Gasteiger partial charge on any atom is 0.227 e. The molecule has 0 spiro atoms. The topological polar surface area (TPSA) is 92.5 Å². The summed E-state index contributed by atoms with van der Waals surface area (Å²) >= 11 is 0. The summed E-state index contributed by atoms with van der Waals surface area (Å²) in [6.45, 7) is 5.19. The van der Waals surface area contributed by atoms with Gasteiger partial charge in [-0.1, -0.05) is 12.1 Å². The summed E-state index contributed by atoms with van der Waals surface area (Å²) < 4.78 is 5.15. The lowest BCUT2D eigenvalue weighted by Gasteiger charge is -2.09. The van der Waals surface area contributed by atoms with Gasteiger partial charge in [0.25, 0.3) is 0 Å². The molecule has 92 valence electrons. The highest BCUT2D eigenvalue weighted by Gasteiger charge is 2.11. The van der Waals surface area contributed by atoms with Gasteiger partial charge in [0.05, 0.1) is 6.20 Å². The Balaban J connectivity index is 1.91. The smallest absolute Gasteiger partial charge is 0.227 e. The highest BCUT2D eigenvalue weighted by atomic mass is 16.5. The predicted molar refractivity (Wildman–Crippen MR) is 61.1 cm³/mol. The summed E-state index contributed by atoms with van der Waals surface area (Å²) in [4.78, 5) is 4.26. The van der Waals surface area contributed by atoms with Gasteiger partial charge in [0.15, 0.2) is 5.69 Å². The van der Waals surface area contributed by atoms with Gasteiger partial charge in [-0.3, -0.25) is 0 Å². The van der Waals surface area contributed by atoms with Crippen LogP contribution in [0, 0.1) is 0 Å². The minimum Gasteiger partial charge on any atom is -0.339 e. The number of rotatable bonds is 6. The summed E-state index contributed by atoms with van der Waals surface area (Å²) in [6, 6.07) is 0.447. The maximum atomic E-state index is 5.15. The molecule has 7 heteroatoms. The Morgan fingerprint density at radius 2 is 2.41 bits per heavy atom. The summed E-state index contributed by atoms with van der Waals surface area (Å²) in [5.74, 6) is 1.11. The van der Waals surface area contributed by atoms with E-state index in [1.165, 1.54) is 0 Å². The van der Waals surface area contributed by atoms with Crippen LogP contribution < -0.4 is 5.32 Å². The first-order valence-electron chi connectivity index (χ1n) is 5.71. The molecule has 0 amide bonds. The van der Waals surface area contributed by atoms with Crippen LogP contribution in [-0.2, 0) is 6.42 Å². The van der Waals surface area contributed by atoms with Crippen LogP contribution in [0.3, 0.4) is 0 Å². The summed E-state index contributed by atoms with van der Waals surface area (Å²) in [7, 11) is 0. The highest BCUT2D eigenvalue weighted by molar-refractivity contribution is 5.44. The minimum absolute atomic E-state index is 0.447. The first-order chi connectivity index (χ1) is 8.29. The van der Waals surface area contributed by atoms with E-state index in [-0.39, 0.29) is 0 Å². The van der Waals surface area contributed by atoms with E-state index in [1.54, 1.807) is 6.20 Å². The quantitative estimate of drug-likeness (QED) is 0.770. The second-order valence-electron chi connectivity index (χ2n) is 3.86. The van der Waals surface area contributed by atoms with E-state index in [2.05, 4.69) is 44.7 Å². The van der Waals surface area contributed by atoms with E-state index >= 15 is 0 Å². The first kappa shape index (κ1) is 11.7. The van der Waals surface area contributed by atoms with Crippen LogP contribution in [0.4, 0.5) is 0 Å². The van der Waals surface area contributed by atoms with Crippen LogP contribution in [0.15, 0.2) is 10.7 Å². The minimum atomic E-state index is 0.447. The molecule has 2 rings (SSSR count). The van der Waals surface area contributed by atoms with Gasteiger partial charge in [0.1, 0.15) is 0 Å². The fourth-order valence-corrected chi connectivity index (χ4v) is 1.56. The Kier molecular flexibility index (Phi) is 3.81. The molecule has 0 aliphatic rings. The molecular formula is C10H16N6O. The molecule has 0 aliphatic carbocycles. The van der Waals surface area contributed by atoms with Gasteiger partial charge in [0.2, 0.25) is 11.7 Å². The van der Waals surface area contributed by atoms with Crippen LogP contribution in [0.5, 0.6) is 0 Å². The van der Waals surface area contributed by atoms with Crippen molar-refractivity contribution in [2.75, 3.05) is 6.54 Å². The van der Waals surface area contributed by atoms with E-state index in [0.717, 1.165) is 19.4 Å². The third kappa shape index (κ3) is 3.10. The molecule has 7 nitrogen and oxygen atoms in total. The van der Waals surface area contributed by atoms with Crippen LogP contribution >= 0.6 is 0 Å². The predicted octanol–water partition coefficient (Wildman–Crippen LogP) is 0.785. The van der Waals surface area contributed by atoms with Gasteiger partial charge in [-0.25, -0.2) is 0 Å². The van der Waals surface area contributed by atoms with Gasteiger partial charge >= 0.3 is 0 Å². The first-order valence-corrected chi connectivity index (χ1v) is 5.71. The van der Waals surface area contributed by atoms with Crippen LogP contribution in [0.25, 0.3) is 11.5 Å². The molecule has 0 radical (unpaired) electrons. The number of aryl methyl sites for hydroxylation is 1. The van der Waals surface area contributed by atoms with Gasteiger partial charge in [-0.2, -0.15) is 20.4 Å². The monoisotopic (exact) mass is 236 g/mol. The molecule has 2 heterocycles. The fraction of sp³-hybridized carbons (Fsp3) is 0.600. The van der Waals surface area contributed by atoms with E-state index in [0.29, 0.717) is 23.5 Å². The van der Waals surface area contributed by atoms with Gasteiger partial charge in [0, 0.05) is 12.5 Å². The van der Waals surface area contributed by atoms with E-state index in [9.17, 15) is 0 Å². The Morgan fingerprint density at radius 1 is 1.53 bits per heavy atom. The normalized spacial score (nSPS) is 12.8. The van der Waals surface area contributed by atoms with Crippen molar-refractivity contribution in [2.45, 2.75) is 32.7 Å². The van der Waals surface area contributed by atoms with Crippen molar-refractivity contribution < 1.29 is 4.52 Å². The molecule has 2 aromatic heterocycles. The van der Waals surface area contributed by atoms with Crippen molar-refractivity contribution in [3.63, 3.8) is 0 Å². The van der Waals surface area contributed by atoms with Gasteiger partial charge < -0.3 is 9.84 Å². The van der Waals surface area contributed by atoms with Crippen molar-refractivity contribution in [3.8, 4) is 11.5 Å². The van der Waals surface area contributed by atoms with Crippen LogP contribution in [0.2, 0.25) is 0 Å². The van der Waals surface area contributed by atoms with Crippen LogP contribution in [0.1, 0.15) is 26.2 Å². The average Bonchev–Trinajstić information content (AvgIpc) is 2.97. The standard InChI is InChI=1S/C10H16N6O/c1-3-11-7(2)4-5-9-13-10(15-17-9)8-6-12-16-14-8/h6-7,11H,3-5H2,1-2H3,(H,12,14,16). The molecule has 0 fully saturated rings. The number of hydrogen-bond acceptors (Lipinski definition) is 6. The summed E-state index contributed by atoms with van der Waals surface area (Å²) in [5.41, 5.74) is 0.597. The molecule has 2 N–H and O–H groups in total. The Labute approximate surface area is 99.0 Å².